The largest absolute Gasteiger partial charge is 0.462 e. The molecule has 2 aliphatic carbocycles. The van der Waals surface area contributed by atoms with Gasteiger partial charge in [-0.3, -0.25) is 9.59 Å². The third kappa shape index (κ3) is 3.35. The standard InChI is InChI=1S/C15H23BrO4/c1-3-5-13(17)19-11-8-10-9(11)7-12(15(10)16)20-14(18)6-4-2/h9-12,15H,3-8H2,1-2H3/t9-,10-,11+,12+,15+/m0/s1. The summed E-state index contributed by atoms with van der Waals surface area (Å²) in [7, 11) is 0. The average Bonchev–Trinajstić information content (AvgIpc) is 2.61. The Kier molecular flexibility index (Phi) is 5.47. The van der Waals surface area contributed by atoms with Crippen molar-refractivity contribution in [3.05, 3.63) is 0 Å². The number of fused-ring (bicyclic) bond motifs is 1. The highest BCUT2D eigenvalue weighted by Crippen LogP contribution is 2.52. The van der Waals surface area contributed by atoms with Gasteiger partial charge in [0.15, 0.2) is 0 Å². The number of rotatable bonds is 6. The van der Waals surface area contributed by atoms with E-state index in [1.807, 2.05) is 13.8 Å². The summed E-state index contributed by atoms with van der Waals surface area (Å²) in [5.74, 6) is 0.588. The Bertz CT molecular complexity index is 371. The fraction of sp³-hybridized carbons (Fsp3) is 0.867. The maximum atomic E-state index is 11.6. The minimum Gasteiger partial charge on any atom is -0.462 e. The van der Waals surface area contributed by atoms with Gasteiger partial charge in [-0.2, -0.15) is 0 Å². The highest BCUT2D eigenvalue weighted by atomic mass is 79.9. The summed E-state index contributed by atoms with van der Waals surface area (Å²) in [5, 5.41) is 0. The molecular weight excluding hydrogens is 324 g/mol. The zero-order valence-electron chi connectivity index (χ0n) is 12.1. The van der Waals surface area contributed by atoms with E-state index in [1.54, 1.807) is 0 Å². The molecule has 0 aromatic carbocycles. The van der Waals surface area contributed by atoms with Crippen LogP contribution in [0.15, 0.2) is 0 Å². The van der Waals surface area contributed by atoms with Crippen molar-refractivity contribution < 1.29 is 19.1 Å². The van der Waals surface area contributed by atoms with Gasteiger partial charge in [-0.1, -0.05) is 29.8 Å². The SMILES string of the molecule is CCCC(=O)O[C@@H]1C[C@H]2[C@H](C[C@H]2OC(=O)CCC)[C@H]1Br. The van der Waals surface area contributed by atoms with E-state index in [0.717, 1.165) is 25.7 Å². The Morgan fingerprint density at radius 3 is 2.00 bits per heavy atom. The third-order valence-electron chi connectivity index (χ3n) is 4.27. The van der Waals surface area contributed by atoms with Crippen molar-refractivity contribution in [3.8, 4) is 0 Å². The minimum atomic E-state index is -0.122. The van der Waals surface area contributed by atoms with Crippen molar-refractivity contribution in [1.82, 2.24) is 0 Å². The van der Waals surface area contributed by atoms with E-state index in [9.17, 15) is 9.59 Å². The van der Waals surface area contributed by atoms with Crippen LogP contribution in [0.5, 0.6) is 0 Å². The highest BCUT2D eigenvalue weighted by molar-refractivity contribution is 9.09. The molecule has 2 fully saturated rings. The predicted molar refractivity (Wildman–Crippen MR) is 78.5 cm³/mol. The van der Waals surface area contributed by atoms with Gasteiger partial charge in [0, 0.05) is 18.8 Å². The summed E-state index contributed by atoms with van der Waals surface area (Å²) in [5.41, 5.74) is 0. The fourth-order valence-electron chi connectivity index (χ4n) is 3.18. The predicted octanol–water partition coefficient (Wildman–Crippen LogP) is 3.21. The van der Waals surface area contributed by atoms with Gasteiger partial charge >= 0.3 is 11.9 Å². The lowest BCUT2D eigenvalue weighted by molar-refractivity contribution is -0.161. The molecule has 114 valence electrons. The molecule has 0 bridgehead atoms. The molecule has 0 unspecified atom stereocenters. The molecule has 2 saturated carbocycles. The number of carbonyl (C=O) groups excluding carboxylic acids is 2. The summed E-state index contributed by atoms with van der Waals surface area (Å²) < 4.78 is 11.0. The second-order valence-corrected chi connectivity index (χ2v) is 6.86. The van der Waals surface area contributed by atoms with Gasteiger partial charge in [0.2, 0.25) is 0 Å². The van der Waals surface area contributed by atoms with Crippen molar-refractivity contribution in [1.29, 1.82) is 0 Å². The number of esters is 2. The van der Waals surface area contributed by atoms with E-state index in [0.29, 0.717) is 24.7 Å². The molecule has 5 heteroatoms. The molecule has 0 aliphatic heterocycles. The lowest BCUT2D eigenvalue weighted by Gasteiger charge is -2.40. The van der Waals surface area contributed by atoms with E-state index < -0.39 is 0 Å². The maximum Gasteiger partial charge on any atom is 0.306 e. The molecule has 0 aromatic heterocycles. The second-order valence-electron chi connectivity index (χ2n) is 5.80. The first-order valence-electron chi connectivity index (χ1n) is 7.59. The summed E-state index contributed by atoms with van der Waals surface area (Å²) in [4.78, 5) is 23.3. The van der Waals surface area contributed by atoms with Crippen LogP contribution in [-0.4, -0.2) is 29.0 Å². The number of alkyl halides is 1. The quantitative estimate of drug-likeness (QED) is 0.547. The summed E-state index contributed by atoms with van der Waals surface area (Å²) in [6, 6.07) is 0. The van der Waals surface area contributed by atoms with Crippen molar-refractivity contribution >= 4 is 27.9 Å². The summed E-state index contributed by atoms with van der Waals surface area (Å²) in [6.45, 7) is 3.94. The lowest BCUT2D eigenvalue weighted by Crippen LogP contribution is -2.43. The number of hydrogen-bond donors (Lipinski definition) is 0. The maximum absolute atomic E-state index is 11.6. The Labute approximate surface area is 128 Å². The van der Waals surface area contributed by atoms with Crippen LogP contribution in [0.2, 0.25) is 0 Å². The summed E-state index contributed by atoms with van der Waals surface area (Å²) in [6.07, 6.45) is 4.23. The van der Waals surface area contributed by atoms with E-state index in [-0.39, 0.29) is 29.0 Å². The average molecular weight is 347 g/mol. The Morgan fingerprint density at radius 2 is 1.45 bits per heavy atom. The van der Waals surface area contributed by atoms with Gasteiger partial charge in [-0.25, -0.2) is 0 Å². The second kappa shape index (κ2) is 6.92. The van der Waals surface area contributed by atoms with Crippen molar-refractivity contribution in [2.45, 2.75) is 69.4 Å². The van der Waals surface area contributed by atoms with Crippen molar-refractivity contribution in [3.63, 3.8) is 0 Å². The molecule has 0 N–H and O–H groups in total. The summed E-state index contributed by atoms with van der Waals surface area (Å²) >= 11 is 3.65. The van der Waals surface area contributed by atoms with Gasteiger partial charge in [0.1, 0.15) is 12.2 Å². The molecule has 0 amide bonds. The smallest absolute Gasteiger partial charge is 0.306 e. The van der Waals surface area contributed by atoms with Gasteiger partial charge in [-0.15, -0.1) is 0 Å². The molecule has 20 heavy (non-hydrogen) atoms. The Balaban J connectivity index is 1.82. The van der Waals surface area contributed by atoms with Crippen LogP contribution in [0.1, 0.15) is 52.4 Å². The molecule has 2 aliphatic rings. The molecule has 0 radical (unpaired) electrons. The van der Waals surface area contributed by atoms with Gasteiger partial charge < -0.3 is 9.47 Å². The van der Waals surface area contributed by atoms with E-state index in [1.165, 1.54) is 0 Å². The van der Waals surface area contributed by atoms with Crippen LogP contribution in [0.3, 0.4) is 0 Å². The van der Waals surface area contributed by atoms with E-state index >= 15 is 0 Å². The number of ether oxygens (including phenoxy) is 2. The lowest BCUT2D eigenvalue weighted by atomic mass is 9.73. The first kappa shape index (κ1) is 15.8. The molecule has 2 rings (SSSR count). The van der Waals surface area contributed by atoms with E-state index in [4.69, 9.17) is 9.47 Å². The van der Waals surface area contributed by atoms with Crippen LogP contribution < -0.4 is 0 Å². The highest BCUT2D eigenvalue weighted by Gasteiger charge is 2.55. The van der Waals surface area contributed by atoms with Crippen LogP contribution >= 0.6 is 15.9 Å². The first-order chi connectivity index (χ1) is 9.56. The fourth-order valence-corrected chi connectivity index (χ4v) is 4.11. The third-order valence-corrected chi connectivity index (χ3v) is 5.54. The molecule has 0 spiro atoms. The number of halogens is 1. The number of carbonyl (C=O) groups is 2. The molecular formula is C15H23BrO4. The monoisotopic (exact) mass is 346 g/mol. The normalized spacial score (nSPS) is 35.0. The Morgan fingerprint density at radius 1 is 0.950 bits per heavy atom. The zero-order chi connectivity index (χ0) is 14.7. The first-order valence-corrected chi connectivity index (χ1v) is 8.51. The molecule has 5 atom stereocenters. The van der Waals surface area contributed by atoms with Crippen LogP contribution in [0, 0.1) is 11.8 Å². The van der Waals surface area contributed by atoms with Crippen LogP contribution in [-0.2, 0) is 19.1 Å². The molecule has 0 aromatic rings. The van der Waals surface area contributed by atoms with Gasteiger partial charge in [-0.05, 0) is 31.6 Å². The van der Waals surface area contributed by atoms with Crippen LogP contribution in [0.25, 0.3) is 0 Å². The van der Waals surface area contributed by atoms with Gasteiger partial charge in [0.05, 0.1) is 4.83 Å². The molecule has 4 nitrogen and oxygen atoms in total. The van der Waals surface area contributed by atoms with E-state index in [2.05, 4.69) is 15.9 Å². The van der Waals surface area contributed by atoms with Crippen LogP contribution in [0.4, 0.5) is 0 Å². The van der Waals surface area contributed by atoms with Crippen molar-refractivity contribution in [2.24, 2.45) is 11.8 Å². The molecule has 0 heterocycles. The van der Waals surface area contributed by atoms with Crippen molar-refractivity contribution in [2.75, 3.05) is 0 Å². The minimum absolute atomic E-state index is 0.0222. The van der Waals surface area contributed by atoms with Gasteiger partial charge in [0.25, 0.3) is 0 Å². The Hall–Kier alpha value is -0.580. The number of hydrogen-bond acceptors (Lipinski definition) is 4. The molecule has 0 saturated heterocycles. The zero-order valence-corrected chi connectivity index (χ0v) is 13.7. The topological polar surface area (TPSA) is 52.6 Å².